The van der Waals surface area contributed by atoms with E-state index in [2.05, 4.69) is 12.2 Å². The number of hydrogen-bond acceptors (Lipinski definition) is 3. The van der Waals surface area contributed by atoms with Gasteiger partial charge in [0.25, 0.3) is 0 Å². The molecule has 5 heteroatoms. The first-order valence-corrected chi connectivity index (χ1v) is 7.14. The minimum atomic E-state index is -0.0204. The third-order valence-electron chi connectivity index (χ3n) is 3.60. The van der Waals surface area contributed by atoms with E-state index in [9.17, 15) is 4.79 Å². The van der Waals surface area contributed by atoms with Crippen molar-refractivity contribution in [3.05, 3.63) is 29.8 Å². The third kappa shape index (κ3) is 5.21. The highest BCUT2D eigenvalue weighted by Crippen LogP contribution is 2.25. The Kier molecular flexibility index (Phi) is 9.06. The van der Waals surface area contributed by atoms with Gasteiger partial charge in [-0.2, -0.15) is 0 Å². The van der Waals surface area contributed by atoms with Gasteiger partial charge in [0.15, 0.2) is 0 Å². The highest BCUT2D eigenvalue weighted by atomic mass is 35.5. The van der Waals surface area contributed by atoms with Gasteiger partial charge in [-0.25, -0.2) is 0 Å². The summed E-state index contributed by atoms with van der Waals surface area (Å²) in [5.74, 6) is 0.978. The molecule has 0 aliphatic rings. The first-order valence-electron chi connectivity index (χ1n) is 7.14. The van der Waals surface area contributed by atoms with Crippen molar-refractivity contribution in [2.45, 2.75) is 26.8 Å². The molecular weight excluding hydrogens is 288 g/mol. The molecule has 1 aromatic carbocycles. The second-order valence-electron chi connectivity index (χ2n) is 5.04. The van der Waals surface area contributed by atoms with E-state index in [-0.39, 0.29) is 30.3 Å². The number of halogens is 1. The first kappa shape index (κ1) is 19.7. The highest BCUT2D eigenvalue weighted by molar-refractivity contribution is 5.85. The van der Waals surface area contributed by atoms with Crippen LogP contribution in [0.15, 0.2) is 24.3 Å². The molecule has 0 heterocycles. The Morgan fingerprint density at radius 3 is 2.57 bits per heavy atom. The monoisotopic (exact) mass is 314 g/mol. The maximum absolute atomic E-state index is 12.5. The number of carbonyl (C=O) groups excluding carboxylic acids is 1. The number of benzene rings is 1. The molecule has 1 N–H and O–H groups in total. The number of rotatable bonds is 7. The molecule has 1 rings (SSSR count). The maximum Gasteiger partial charge on any atom is 0.227 e. The number of ether oxygens (including phenoxy) is 1. The SMILES string of the molecule is CCN(C(=O)C(C)CNC)C(C)c1cccc(OC)c1.Cl. The predicted molar refractivity (Wildman–Crippen MR) is 89.1 cm³/mol. The van der Waals surface area contributed by atoms with Crippen LogP contribution in [-0.4, -0.2) is 38.1 Å². The smallest absolute Gasteiger partial charge is 0.227 e. The van der Waals surface area contributed by atoms with Crippen molar-refractivity contribution in [3.8, 4) is 5.75 Å². The lowest BCUT2D eigenvalue weighted by atomic mass is 10.0. The van der Waals surface area contributed by atoms with E-state index < -0.39 is 0 Å². The predicted octanol–water partition coefficient (Wildman–Crippen LogP) is 2.88. The topological polar surface area (TPSA) is 41.6 Å². The van der Waals surface area contributed by atoms with Gasteiger partial charge in [-0.1, -0.05) is 19.1 Å². The average molecular weight is 315 g/mol. The number of carbonyl (C=O) groups is 1. The van der Waals surface area contributed by atoms with Crippen LogP contribution in [0.25, 0.3) is 0 Å². The number of nitrogens with zero attached hydrogens (tertiary/aromatic N) is 1. The summed E-state index contributed by atoms with van der Waals surface area (Å²) in [6, 6.07) is 7.94. The Morgan fingerprint density at radius 2 is 2.05 bits per heavy atom. The van der Waals surface area contributed by atoms with Crippen LogP contribution in [0, 0.1) is 5.92 Å². The summed E-state index contributed by atoms with van der Waals surface area (Å²) in [4.78, 5) is 14.4. The molecule has 0 saturated carbocycles. The fraction of sp³-hybridized carbons (Fsp3) is 0.562. The van der Waals surface area contributed by atoms with E-state index in [1.807, 2.05) is 50.1 Å². The van der Waals surface area contributed by atoms with E-state index in [1.54, 1.807) is 7.11 Å². The number of nitrogens with one attached hydrogen (secondary N) is 1. The molecule has 120 valence electrons. The second kappa shape index (κ2) is 9.64. The zero-order chi connectivity index (χ0) is 15.1. The molecule has 0 fully saturated rings. The maximum atomic E-state index is 12.5. The molecule has 2 unspecified atom stereocenters. The summed E-state index contributed by atoms with van der Waals surface area (Å²) in [5.41, 5.74) is 1.09. The molecule has 1 amide bonds. The zero-order valence-corrected chi connectivity index (χ0v) is 14.4. The van der Waals surface area contributed by atoms with Crippen molar-refractivity contribution >= 4 is 18.3 Å². The van der Waals surface area contributed by atoms with Gasteiger partial charge < -0.3 is 15.0 Å². The van der Waals surface area contributed by atoms with Crippen LogP contribution < -0.4 is 10.1 Å². The number of amides is 1. The summed E-state index contributed by atoms with van der Waals surface area (Å²) in [5, 5.41) is 3.06. The Hall–Kier alpha value is -1.26. The zero-order valence-electron chi connectivity index (χ0n) is 13.6. The van der Waals surface area contributed by atoms with Gasteiger partial charge >= 0.3 is 0 Å². The molecule has 1 aromatic rings. The van der Waals surface area contributed by atoms with Crippen molar-refractivity contribution in [2.24, 2.45) is 5.92 Å². The molecule has 0 bridgehead atoms. The van der Waals surface area contributed by atoms with Crippen molar-refractivity contribution in [2.75, 3.05) is 27.2 Å². The average Bonchev–Trinajstić information content (AvgIpc) is 2.48. The van der Waals surface area contributed by atoms with Crippen molar-refractivity contribution in [1.82, 2.24) is 10.2 Å². The molecule has 4 nitrogen and oxygen atoms in total. The summed E-state index contributed by atoms with van der Waals surface area (Å²) in [6.45, 7) is 7.42. The lowest BCUT2D eigenvalue weighted by Gasteiger charge is -2.31. The summed E-state index contributed by atoms with van der Waals surface area (Å²) >= 11 is 0. The van der Waals surface area contributed by atoms with Crippen LogP contribution in [0.5, 0.6) is 5.75 Å². The molecule has 0 radical (unpaired) electrons. The second-order valence-corrected chi connectivity index (χ2v) is 5.04. The van der Waals surface area contributed by atoms with E-state index >= 15 is 0 Å². The van der Waals surface area contributed by atoms with E-state index in [1.165, 1.54) is 0 Å². The fourth-order valence-corrected chi connectivity index (χ4v) is 2.38. The molecule has 21 heavy (non-hydrogen) atoms. The summed E-state index contributed by atoms with van der Waals surface area (Å²) in [6.07, 6.45) is 0. The number of methoxy groups -OCH3 is 1. The van der Waals surface area contributed by atoms with Crippen molar-refractivity contribution in [3.63, 3.8) is 0 Å². The van der Waals surface area contributed by atoms with Crippen LogP contribution in [0.2, 0.25) is 0 Å². The van der Waals surface area contributed by atoms with Gasteiger partial charge in [0.2, 0.25) is 5.91 Å². The molecule has 0 saturated heterocycles. The minimum Gasteiger partial charge on any atom is -0.497 e. The van der Waals surface area contributed by atoms with E-state index in [0.717, 1.165) is 11.3 Å². The Labute approximate surface area is 134 Å². The van der Waals surface area contributed by atoms with Crippen LogP contribution in [-0.2, 0) is 4.79 Å². The normalized spacial score (nSPS) is 13.0. The molecule has 0 aromatic heterocycles. The molecule has 0 spiro atoms. The standard InChI is InChI=1S/C16H26N2O2.ClH/c1-6-18(16(19)12(2)11-17-4)13(3)14-8-7-9-15(10-14)20-5;/h7-10,12-13,17H,6,11H2,1-5H3;1H. The van der Waals surface area contributed by atoms with Gasteiger partial charge in [0.1, 0.15) is 5.75 Å². The van der Waals surface area contributed by atoms with Crippen LogP contribution >= 0.6 is 12.4 Å². The minimum absolute atomic E-state index is 0. The van der Waals surface area contributed by atoms with Gasteiger partial charge in [-0.3, -0.25) is 4.79 Å². The van der Waals surface area contributed by atoms with Crippen LogP contribution in [0.3, 0.4) is 0 Å². The van der Waals surface area contributed by atoms with E-state index in [4.69, 9.17) is 4.74 Å². The van der Waals surface area contributed by atoms with Crippen LogP contribution in [0.1, 0.15) is 32.4 Å². The van der Waals surface area contributed by atoms with Gasteiger partial charge in [0.05, 0.1) is 13.2 Å². The third-order valence-corrected chi connectivity index (χ3v) is 3.60. The summed E-state index contributed by atoms with van der Waals surface area (Å²) < 4.78 is 5.25. The Balaban J connectivity index is 0.00000400. The van der Waals surface area contributed by atoms with Crippen LogP contribution in [0.4, 0.5) is 0 Å². The quantitative estimate of drug-likeness (QED) is 0.841. The largest absolute Gasteiger partial charge is 0.497 e. The first-order chi connectivity index (χ1) is 9.54. The van der Waals surface area contributed by atoms with E-state index in [0.29, 0.717) is 13.1 Å². The fourth-order valence-electron chi connectivity index (χ4n) is 2.38. The number of hydrogen-bond donors (Lipinski definition) is 1. The lowest BCUT2D eigenvalue weighted by Crippen LogP contribution is -2.40. The van der Waals surface area contributed by atoms with Gasteiger partial charge in [0, 0.05) is 19.0 Å². The van der Waals surface area contributed by atoms with Gasteiger partial charge in [-0.05, 0) is 38.6 Å². The van der Waals surface area contributed by atoms with Crippen molar-refractivity contribution < 1.29 is 9.53 Å². The highest BCUT2D eigenvalue weighted by Gasteiger charge is 2.24. The Morgan fingerprint density at radius 1 is 1.38 bits per heavy atom. The summed E-state index contributed by atoms with van der Waals surface area (Å²) in [7, 11) is 3.52. The Bertz CT molecular complexity index is 440. The van der Waals surface area contributed by atoms with Gasteiger partial charge in [-0.15, -0.1) is 12.4 Å². The molecule has 2 atom stereocenters. The lowest BCUT2D eigenvalue weighted by molar-refractivity contribution is -0.136. The molecular formula is C16H27ClN2O2. The van der Waals surface area contributed by atoms with Crippen molar-refractivity contribution in [1.29, 1.82) is 0 Å². The molecule has 0 aliphatic heterocycles. The molecule has 0 aliphatic carbocycles.